The Morgan fingerprint density at radius 3 is 2.56 bits per heavy atom. The summed E-state index contributed by atoms with van der Waals surface area (Å²) in [5.41, 5.74) is 1.09. The van der Waals surface area contributed by atoms with Gasteiger partial charge in [0, 0.05) is 18.9 Å². The number of rotatable bonds is 10. The van der Waals surface area contributed by atoms with Crippen LogP contribution in [0, 0.1) is 0 Å². The monoisotopic (exact) mass is 361 g/mol. The van der Waals surface area contributed by atoms with Crippen LogP contribution < -0.4 is 14.8 Å². The van der Waals surface area contributed by atoms with E-state index in [1.807, 2.05) is 32.0 Å². The van der Waals surface area contributed by atoms with Gasteiger partial charge >= 0.3 is 0 Å². The molecular weight excluding hydrogens is 338 g/mol. The van der Waals surface area contributed by atoms with Gasteiger partial charge in [-0.25, -0.2) is 9.97 Å². The second kappa shape index (κ2) is 10.6. The van der Waals surface area contributed by atoms with Crippen molar-refractivity contribution in [2.75, 3.05) is 25.5 Å². The highest BCUT2D eigenvalue weighted by molar-refractivity contribution is 7.99. The highest BCUT2D eigenvalue weighted by atomic mass is 32.2. The second-order valence-corrected chi connectivity index (χ2v) is 6.01. The summed E-state index contributed by atoms with van der Waals surface area (Å²) in [5.74, 6) is 1.76. The fourth-order valence-corrected chi connectivity index (χ4v) is 2.77. The summed E-state index contributed by atoms with van der Waals surface area (Å²) in [6.07, 6.45) is 4.05. The van der Waals surface area contributed by atoms with Gasteiger partial charge in [-0.2, -0.15) is 0 Å². The first kappa shape index (κ1) is 19.1. The van der Waals surface area contributed by atoms with Crippen LogP contribution in [0.1, 0.15) is 19.4 Å². The second-order valence-electron chi connectivity index (χ2n) is 5.07. The molecule has 0 saturated heterocycles. The summed E-state index contributed by atoms with van der Waals surface area (Å²) in [4.78, 5) is 20.0. The lowest BCUT2D eigenvalue weighted by Gasteiger charge is -2.12. The fraction of sp³-hybridized carbons (Fsp3) is 0.389. The SMILES string of the molecule is CCOc1ccc(CCNC(=O)CSc2ncccn2)cc1OCC. The van der Waals surface area contributed by atoms with E-state index in [0.717, 1.165) is 23.5 Å². The average molecular weight is 361 g/mol. The quantitative estimate of drug-likeness (QED) is 0.518. The molecule has 0 aliphatic rings. The molecule has 6 nitrogen and oxygen atoms in total. The van der Waals surface area contributed by atoms with E-state index in [1.165, 1.54) is 11.8 Å². The van der Waals surface area contributed by atoms with Gasteiger partial charge in [0.2, 0.25) is 5.91 Å². The summed E-state index contributed by atoms with van der Waals surface area (Å²) in [6, 6.07) is 7.62. The Morgan fingerprint density at radius 2 is 1.84 bits per heavy atom. The lowest BCUT2D eigenvalue weighted by Crippen LogP contribution is -2.27. The van der Waals surface area contributed by atoms with E-state index in [9.17, 15) is 4.79 Å². The van der Waals surface area contributed by atoms with E-state index in [-0.39, 0.29) is 5.91 Å². The molecule has 1 aromatic carbocycles. The molecule has 0 aliphatic carbocycles. The summed E-state index contributed by atoms with van der Waals surface area (Å²) in [6.45, 7) is 5.63. The van der Waals surface area contributed by atoms with Crippen LogP contribution in [0.15, 0.2) is 41.8 Å². The van der Waals surface area contributed by atoms with Gasteiger partial charge < -0.3 is 14.8 Å². The number of carbonyl (C=O) groups excluding carboxylic acids is 1. The van der Waals surface area contributed by atoms with E-state index >= 15 is 0 Å². The van der Waals surface area contributed by atoms with E-state index in [1.54, 1.807) is 18.5 Å². The van der Waals surface area contributed by atoms with Crippen molar-refractivity contribution in [3.63, 3.8) is 0 Å². The van der Waals surface area contributed by atoms with Crippen molar-refractivity contribution in [1.29, 1.82) is 0 Å². The average Bonchev–Trinajstić information content (AvgIpc) is 2.63. The number of amides is 1. The molecule has 0 radical (unpaired) electrons. The Morgan fingerprint density at radius 1 is 1.12 bits per heavy atom. The smallest absolute Gasteiger partial charge is 0.230 e. The Bertz CT molecular complexity index is 668. The van der Waals surface area contributed by atoms with Crippen molar-refractivity contribution in [2.45, 2.75) is 25.4 Å². The van der Waals surface area contributed by atoms with Crippen LogP contribution in [-0.2, 0) is 11.2 Å². The van der Waals surface area contributed by atoms with Gasteiger partial charge in [-0.1, -0.05) is 17.8 Å². The van der Waals surface area contributed by atoms with E-state index < -0.39 is 0 Å². The molecule has 0 atom stereocenters. The van der Waals surface area contributed by atoms with Gasteiger partial charge in [0.25, 0.3) is 0 Å². The first-order valence-corrected chi connectivity index (χ1v) is 9.26. The normalized spacial score (nSPS) is 10.3. The number of hydrogen-bond acceptors (Lipinski definition) is 6. The van der Waals surface area contributed by atoms with Gasteiger partial charge in [-0.05, 0) is 44.0 Å². The topological polar surface area (TPSA) is 73.3 Å². The van der Waals surface area contributed by atoms with Crippen molar-refractivity contribution >= 4 is 17.7 Å². The van der Waals surface area contributed by atoms with E-state index in [4.69, 9.17) is 9.47 Å². The fourth-order valence-electron chi connectivity index (χ4n) is 2.14. The van der Waals surface area contributed by atoms with Crippen LogP contribution >= 0.6 is 11.8 Å². The molecule has 0 aliphatic heterocycles. The van der Waals surface area contributed by atoms with Crippen molar-refractivity contribution in [1.82, 2.24) is 15.3 Å². The van der Waals surface area contributed by atoms with Crippen LogP contribution in [0.2, 0.25) is 0 Å². The van der Waals surface area contributed by atoms with E-state index in [0.29, 0.717) is 30.7 Å². The minimum Gasteiger partial charge on any atom is -0.490 e. The van der Waals surface area contributed by atoms with Gasteiger partial charge in [-0.3, -0.25) is 4.79 Å². The lowest BCUT2D eigenvalue weighted by molar-refractivity contribution is -0.118. The maximum atomic E-state index is 11.9. The van der Waals surface area contributed by atoms with Crippen LogP contribution in [0.5, 0.6) is 11.5 Å². The van der Waals surface area contributed by atoms with Gasteiger partial charge in [-0.15, -0.1) is 0 Å². The molecule has 25 heavy (non-hydrogen) atoms. The Kier molecular flexibility index (Phi) is 8.04. The number of carbonyl (C=O) groups is 1. The largest absolute Gasteiger partial charge is 0.490 e. The minimum atomic E-state index is -0.0339. The van der Waals surface area contributed by atoms with Crippen LogP contribution in [-0.4, -0.2) is 41.4 Å². The highest BCUT2D eigenvalue weighted by Gasteiger charge is 2.07. The zero-order chi connectivity index (χ0) is 17.9. The minimum absolute atomic E-state index is 0.0339. The van der Waals surface area contributed by atoms with Crippen molar-refractivity contribution in [3.8, 4) is 11.5 Å². The molecule has 0 saturated carbocycles. The molecular formula is C18H23N3O3S. The number of aromatic nitrogens is 2. The zero-order valence-corrected chi connectivity index (χ0v) is 15.3. The van der Waals surface area contributed by atoms with Crippen molar-refractivity contribution in [3.05, 3.63) is 42.2 Å². The standard InChI is InChI=1S/C18H23N3O3S/c1-3-23-15-7-6-14(12-16(15)24-4-2)8-11-19-17(22)13-25-18-20-9-5-10-21-18/h5-7,9-10,12H,3-4,8,11,13H2,1-2H3,(H,19,22). The molecule has 1 aromatic heterocycles. The van der Waals surface area contributed by atoms with Crippen molar-refractivity contribution in [2.24, 2.45) is 0 Å². The molecule has 1 amide bonds. The summed E-state index contributed by atoms with van der Waals surface area (Å²) in [7, 11) is 0. The summed E-state index contributed by atoms with van der Waals surface area (Å²) in [5, 5.41) is 3.51. The molecule has 2 rings (SSSR count). The van der Waals surface area contributed by atoms with Gasteiger partial charge in [0.15, 0.2) is 16.7 Å². The third-order valence-electron chi connectivity index (χ3n) is 3.22. The molecule has 134 valence electrons. The van der Waals surface area contributed by atoms with Gasteiger partial charge in [0.05, 0.1) is 19.0 Å². The number of ether oxygens (including phenoxy) is 2. The lowest BCUT2D eigenvalue weighted by atomic mass is 10.1. The number of hydrogen-bond donors (Lipinski definition) is 1. The third-order valence-corrected chi connectivity index (χ3v) is 4.09. The molecule has 0 unspecified atom stereocenters. The number of nitrogens with zero attached hydrogens (tertiary/aromatic N) is 2. The Balaban J connectivity index is 1.78. The van der Waals surface area contributed by atoms with Crippen molar-refractivity contribution < 1.29 is 14.3 Å². The number of benzene rings is 1. The predicted molar refractivity (Wildman–Crippen MR) is 98.2 cm³/mol. The van der Waals surface area contributed by atoms with Crippen LogP contribution in [0.3, 0.4) is 0 Å². The third kappa shape index (κ3) is 6.62. The molecule has 7 heteroatoms. The molecule has 0 bridgehead atoms. The van der Waals surface area contributed by atoms with Crippen LogP contribution in [0.4, 0.5) is 0 Å². The van der Waals surface area contributed by atoms with Crippen LogP contribution in [0.25, 0.3) is 0 Å². The summed E-state index contributed by atoms with van der Waals surface area (Å²) >= 11 is 1.32. The molecule has 1 N–H and O–H groups in total. The van der Waals surface area contributed by atoms with Gasteiger partial charge in [0.1, 0.15) is 0 Å². The highest BCUT2D eigenvalue weighted by Crippen LogP contribution is 2.28. The Hall–Kier alpha value is -2.28. The molecule has 0 spiro atoms. The maximum Gasteiger partial charge on any atom is 0.230 e. The van der Waals surface area contributed by atoms with E-state index in [2.05, 4.69) is 15.3 Å². The maximum absolute atomic E-state index is 11.9. The number of thioether (sulfide) groups is 1. The predicted octanol–water partition coefficient (Wildman–Crippen LogP) is 2.73. The molecule has 2 aromatic rings. The first-order valence-electron chi connectivity index (χ1n) is 8.28. The summed E-state index contributed by atoms with van der Waals surface area (Å²) < 4.78 is 11.2. The molecule has 0 fully saturated rings. The number of nitrogens with one attached hydrogen (secondary N) is 1. The molecule has 1 heterocycles. The Labute approximate surface area is 152 Å². The zero-order valence-electron chi connectivity index (χ0n) is 14.5. The first-order chi connectivity index (χ1) is 12.2.